The van der Waals surface area contributed by atoms with Crippen molar-refractivity contribution in [3.05, 3.63) is 69.2 Å². The van der Waals surface area contributed by atoms with Crippen LogP contribution in [0.3, 0.4) is 0 Å². The van der Waals surface area contributed by atoms with Crippen LogP contribution in [-0.2, 0) is 4.79 Å². The molecule has 160 valence electrons. The lowest BCUT2D eigenvalue weighted by Crippen LogP contribution is -2.54. The summed E-state index contributed by atoms with van der Waals surface area (Å²) in [6.07, 6.45) is 1.31. The largest absolute Gasteiger partial charge is 0.355 e. The molecule has 0 N–H and O–H groups in total. The van der Waals surface area contributed by atoms with Gasteiger partial charge < -0.3 is 9.80 Å². The molecule has 3 heterocycles. The number of hydrogen-bond donors (Lipinski definition) is 0. The van der Waals surface area contributed by atoms with Gasteiger partial charge in [-0.15, -0.1) is 0 Å². The molecule has 3 aromatic rings. The first-order chi connectivity index (χ1) is 14.8. The van der Waals surface area contributed by atoms with E-state index >= 15 is 0 Å². The fraction of sp³-hybridized carbons (Fsp3) is 0.273. The lowest BCUT2D eigenvalue weighted by molar-refractivity contribution is -0.126. The summed E-state index contributed by atoms with van der Waals surface area (Å²) in [6.45, 7) is 8.95. The summed E-state index contributed by atoms with van der Waals surface area (Å²) < 4.78 is 1.46. The Hall–Kier alpha value is -2.90. The van der Waals surface area contributed by atoms with Crippen molar-refractivity contribution in [1.29, 1.82) is 0 Å². The van der Waals surface area contributed by atoms with Crippen molar-refractivity contribution in [2.45, 2.75) is 19.9 Å². The molecule has 4 rings (SSSR count). The van der Waals surface area contributed by atoms with E-state index in [2.05, 4.69) is 16.5 Å². The van der Waals surface area contributed by atoms with Gasteiger partial charge in [0.05, 0.1) is 16.1 Å². The summed E-state index contributed by atoms with van der Waals surface area (Å²) in [7, 11) is 0. The Labute approximate surface area is 189 Å². The second-order valence-electron chi connectivity index (χ2n) is 7.50. The van der Waals surface area contributed by atoms with E-state index < -0.39 is 5.69 Å². The highest BCUT2D eigenvalue weighted by Gasteiger charge is 2.29. The number of piperazine rings is 1. The third-order valence-electron chi connectivity index (χ3n) is 5.50. The molecule has 2 aromatic heterocycles. The standard InChI is InChI=1S/C22H21Cl2N5O2/c1-4-18(30)27-9-10-28(14(3)12-27)20-15-11-16(23)19(24)25-21(15)29(22(31)26-20)17-8-6-5-7-13(17)2/h4-8,11,14H,1,9-10,12H2,2-3H3/t14-/m0/s1. The molecule has 1 fully saturated rings. The minimum absolute atomic E-state index is 0.0727. The highest BCUT2D eigenvalue weighted by molar-refractivity contribution is 6.41. The van der Waals surface area contributed by atoms with Crippen molar-refractivity contribution < 1.29 is 4.79 Å². The first kappa shape index (κ1) is 21.3. The fourth-order valence-corrected chi connectivity index (χ4v) is 4.22. The molecule has 0 bridgehead atoms. The molecular formula is C22H21Cl2N5O2. The monoisotopic (exact) mass is 457 g/mol. The quantitative estimate of drug-likeness (QED) is 0.443. The van der Waals surface area contributed by atoms with Crippen molar-refractivity contribution >= 4 is 46.0 Å². The van der Waals surface area contributed by atoms with Crippen LogP contribution >= 0.6 is 23.2 Å². The molecule has 1 aliphatic heterocycles. The lowest BCUT2D eigenvalue weighted by atomic mass is 10.1. The van der Waals surface area contributed by atoms with Crippen molar-refractivity contribution in [3.8, 4) is 5.69 Å². The predicted molar refractivity (Wildman–Crippen MR) is 123 cm³/mol. The number of carbonyl (C=O) groups excluding carboxylic acids is 1. The number of benzene rings is 1. The van der Waals surface area contributed by atoms with Gasteiger partial charge in [-0.3, -0.25) is 4.79 Å². The number of hydrogen-bond acceptors (Lipinski definition) is 5. The molecule has 0 saturated carbocycles. The molecule has 1 aromatic carbocycles. The third kappa shape index (κ3) is 3.79. The van der Waals surface area contributed by atoms with Crippen LogP contribution in [0.15, 0.2) is 47.8 Å². The Morgan fingerprint density at radius 1 is 1.23 bits per heavy atom. The van der Waals surface area contributed by atoms with Gasteiger partial charge >= 0.3 is 5.69 Å². The molecule has 1 saturated heterocycles. The van der Waals surface area contributed by atoms with Crippen LogP contribution in [0.5, 0.6) is 0 Å². The molecule has 1 amide bonds. The number of carbonyl (C=O) groups is 1. The van der Waals surface area contributed by atoms with Crippen LogP contribution in [0, 0.1) is 6.92 Å². The van der Waals surface area contributed by atoms with Crippen LogP contribution in [0.2, 0.25) is 10.2 Å². The van der Waals surface area contributed by atoms with Crippen molar-refractivity contribution in [1.82, 2.24) is 19.4 Å². The number of rotatable bonds is 3. The minimum Gasteiger partial charge on any atom is -0.350 e. The predicted octanol–water partition coefficient (Wildman–Crippen LogP) is 3.62. The summed E-state index contributed by atoms with van der Waals surface area (Å²) in [5.41, 5.74) is 1.50. The minimum atomic E-state index is -0.459. The molecular weight excluding hydrogens is 437 g/mol. The summed E-state index contributed by atoms with van der Waals surface area (Å²) >= 11 is 12.5. The van der Waals surface area contributed by atoms with E-state index in [4.69, 9.17) is 23.2 Å². The van der Waals surface area contributed by atoms with Gasteiger partial charge in [-0.2, -0.15) is 4.98 Å². The summed E-state index contributed by atoms with van der Waals surface area (Å²) in [5, 5.41) is 1.01. The fourth-order valence-electron chi connectivity index (χ4n) is 3.94. The van der Waals surface area contributed by atoms with Gasteiger partial charge in [0.2, 0.25) is 5.91 Å². The highest BCUT2D eigenvalue weighted by Crippen LogP contribution is 2.32. The maximum Gasteiger partial charge on any atom is 0.355 e. The molecule has 7 nitrogen and oxygen atoms in total. The number of fused-ring (bicyclic) bond motifs is 1. The highest BCUT2D eigenvalue weighted by atomic mass is 35.5. The Balaban J connectivity index is 1.91. The number of anilines is 1. The molecule has 9 heteroatoms. The zero-order valence-corrected chi connectivity index (χ0v) is 18.7. The topological polar surface area (TPSA) is 71.3 Å². The Bertz CT molecular complexity index is 1260. The zero-order valence-electron chi connectivity index (χ0n) is 17.2. The average molecular weight is 458 g/mol. The van der Waals surface area contributed by atoms with Gasteiger partial charge in [-0.1, -0.05) is 48.0 Å². The smallest absolute Gasteiger partial charge is 0.350 e. The summed E-state index contributed by atoms with van der Waals surface area (Å²) in [6, 6.07) is 9.12. The number of aromatic nitrogens is 3. The van der Waals surface area contributed by atoms with Gasteiger partial charge in [0.15, 0.2) is 5.65 Å². The molecule has 1 aliphatic rings. The van der Waals surface area contributed by atoms with E-state index in [1.165, 1.54) is 10.6 Å². The Morgan fingerprint density at radius 2 is 1.97 bits per heavy atom. The second kappa shape index (κ2) is 8.32. The lowest BCUT2D eigenvalue weighted by Gasteiger charge is -2.40. The van der Waals surface area contributed by atoms with Crippen LogP contribution in [0.4, 0.5) is 5.82 Å². The summed E-state index contributed by atoms with van der Waals surface area (Å²) in [5.74, 6) is 0.366. The van der Waals surface area contributed by atoms with Gasteiger partial charge in [0, 0.05) is 25.7 Å². The first-order valence-corrected chi connectivity index (χ1v) is 10.6. The van der Waals surface area contributed by atoms with Crippen LogP contribution in [0.25, 0.3) is 16.7 Å². The molecule has 0 radical (unpaired) electrons. The number of para-hydroxylation sites is 1. The number of pyridine rings is 1. The molecule has 1 atom stereocenters. The Morgan fingerprint density at radius 3 is 2.65 bits per heavy atom. The van der Waals surface area contributed by atoms with Gasteiger partial charge in [-0.25, -0.2) is 14.3 Å². The molecule has 0 spiro atoms. The maximum atomic E-state index is 13.2. The van der Waals surface area contributed by atoms with Gasteiger partial charge in [0.25, 0.3) is 0 Å². The average Bonchev–Trinajstić information content (AvgIpc) is 2.75. The van der Waals surface area contributed by atoms with Crippen molar-refractivity contribution in [2.75, 3.05) is 24.5 Å². The van der Waals surface area contributed by atoms with Crippen molar-refractivity contribution in [2.24, 2.45) is 0 Å². The third-order valence-corrected chi connectivity index (χ3v) is 6.17. The molecule has 31 heavy (non-hydrogen) atoms. The number of amides is 1. The number of nitrogens with zero attached hydrogens (tertiary/aromatic N) is 5. The summed E-state index contributed by atoms with van der Waals surface area (Å²) in [4.78, 5) is 37.8. The number of aryl methyl sites for hydroxylation is 1. The van der Waals surface area contributed by atoms with Gasteiger partial charge in [0.1, 0.15) is 11.0 Å². The molecule has 0 unspecified atom stereocenters. The van der Waals surface area contributed by atoms with E-state index in [1.807, 2.05) is 43.0 Å². The van der Waals surface area contributed by atoms with E-state index in [0.29, 0.717) is 42.2 Å². The normalized spacial score (nSPS) is 16.6. The van der Waals surface area contributed by atoms with E-state index in [1.54, 1.807) is 11.0 Å². The Kier molecular flexibility index (Phi) is 5.73. The first-order valence-electron chi connectivity index (χ1n) is 9.84. The second-order valence-corrected chi connectivity index (χ2v) is 8.27. The SMILES string of the molecule is C=CC(=O)N1CCN(c2nc(=O)n(-c3ccccc3C)c3nc(Cl)c(Cl)cc23)[C@@H](C)C1. The van der Waals surface area contributed by atoms with E-state index in [0.717, 1.165) is 5.56 Å². The number of halogens is 2. The van der Waals surface area contributed by atoms with Crippen molar-refractivity contribution in [3.63, 3.8) is 0 Å². The van der Waals surface area contributed by atoms with Crippen LogP contribution in [-0.4, -0.2) is 51.0 Å². The van der Waals surface area contributed by atoms with E-state index in [9.17, 15) is 9.59 Å². The molecule has 0 aliphatic carbocycles. The zero-order chi connectivity index (χ0) is 22.3. The van der Waals surface area contributed by atoms with Crippen LogP contribution < -0.4 is 10.6 Å². The maximum absolute atomic E-state index is 13.2. The van der Waals surface area contributed by atoms with Crippen LogP contribution in [0.1, 0.15) is 12.5 Å². The van der Waals surface area contributed by atoms with E-state index in [-0.39, 0.29) is 22.1 Å². The van der Waals surface area contributed by atoms with Gasteiger partial charge in [-0.05, 0) is 37.6 Å².